The standard InChI is InChI=1S/C13H30O3Si/c1-7-8-9-12(11(15)10-14)16-17(5,6)13(2,3)4/h11-12,14-15H,7-10H2,1-6H3/t11-,12+/m1/s1. The maximum Gasteiger partial charge on any atom is 0.192 e. The summed E-state index contributed by atoms with van der Waals surface area (Å²) in [7, 11) is -1.87. The Morgan fingerprint density at radius 1 is 1.24 bits per heavy atom. The molecule has 2 atom stereocenters. The van der Waals surface area contributed by atoms with Gasteiger partial charge in [-0.15, -0.1) is 0 Å². The van der Waals surface area contributed by atoms with Crippen LogP contribution in [0.2, 0.25) is 18.1 Å². The Labute approximate surface area is 107 Å². The Morgan fingerprint density at radius 2 is 1.76 bits per heavy atom. The first kappa shape index (κ1) is 17.1. The van der Waals surface area contributed by atoms with Crippen molar-refractivity contribution in [2.45, 2.75) is 77.3 Å². The minimum atomic E-state index is -1.87. The second-order valence-corrected chi connectivity index (χ2v) is 11.1. The predicted molar refractivity (Wildman–Crippen MR) is 74.7 cm³/mol. The van der Waals surface area contributed by atoms with Crippen LogP contribution >= 0.6 is 0 Å². The van der Waals surface area contributed by atoms with Gasteiger partial charge < -0.3 is 14.6 Å². The second kappa shape index (κ2) is 6.88. The lowest BCUT2D eigenvalue weighted by molar-refractivity contribution is -0.0116. The second-order valence-electron chi connectivity index (χ2n) is 6.31. The lowest BCUT2D eigenvalue weighted by atomic mass is 10.1. The van der Waals surface area contributed by atoms with Crippen LogP contribution in [0.1, 0.15) is 47.0 Å². The van der Waals surface area contributed by atoms with Crippen LogP contribution in [0, 0.1) is 0 Å². The molecule has 4 heteroatoms. The SMILES string of the molecule is CCCC[C@H](O[Si](C)(C)C(C)(C)C)[C@H](O)CO. The molecule has 2 N–H and O–H groups in total. The zero-order valence-corrected chi connectivity index (χ0v) is 13.3. The minimum Gasteiger partial charge on any atom is -0.411 e. The van der Waals surface area contributed by atoms with E-state index in [4.69, 9.17) is 9.53 Å². The van der Waals surface area contributed by atoms with Crippen molar-refractivity contribution in [3.05, 3.63) is 0 Å². The maximum absolute atomic E-state index is 9.82. The first-order valence-corrected chi connectivity index (χ1v) is 9.53. The molecule has 3 nitrogen and oxygen atoms in total. The highest BCUT2D eigenvalue weighted by atomic mass is 28.4. The molecule has 0 amide bonds. The summed E-state index contributed by atoms with van der Waals surface area (Å²) in [6, 6.07) is 0. The fraction of sp³-hybridized carbons (Fsp3) is 1.00. The molecule has 0 aromatic heterocycles. The summed E-state index contributed by atoms with van der Waals surface area (Å²) in [5.74, 6) is 0. The number of aliphatic hydroxyl groups excluding tert-OH is 2. The third-order valence-electron chi connectivity index (χ3n) is 3.71. The summed E-state index contributed by atoms with van der Waals surface area (Å²) < 4.78 is 6.19. The lowest BCUT2D eigenvalue weighted by Crippen LogP contribution is -2.47. The van der Waals surface area contributed by atoms with Crippen LogP contribution in [-0.4, -0.2) is 37.3 Å². The van der Waals surface area contributed by atoms with Gasteiger partial charge in [-0.25, -0.2) is 0 Å². The largest absolute Gasteiger partial charge is 0.411 e. The van der Waals surface area contributed by atoms with Crippen molar-refractivity contribution >= 4 is 8.32 Å². The molecule has 0 unspecified atom stereocenters. The molecule has 0 aliphatic rings. The summed E-state index contributed by atoms with van der Waals surface area (Å²) in [4.78, 5) is 0. The Hall–Kier alpha value is 0.0969. The molecular formula is C13H30O3Si. The van der Waals surface area contributed by atoms with E-state index in [0.29, 0.717) is 0 Å². The fourth-order valence-electron chi connectivity index (χ4n) is 1.41. The monoisotopic (exact) mass is 262 g/mol. The normalized spacial score (nSPS) is 16.9. The Bertz CT molecular complexity index is 211. The Kier molecular flexibility index (Phi) is 6.92. The van der Waals surface area contributed by atoms with E-state index in [9.17, 15) is 5.11 Å². The molecule has 0 aromatic rings. The first-order chi connectivity index (χ1) is 7.65. The van der Waals surface area contributed by atoms with Gasteiger partial charge in [0.1, 0.15) is 6.10 Å². The number of rotatable bonds is 7. The van der Waals surface area contributed by atoms with Crippen LogP contribution < -0.4 is 0 Å². The summed E-state index contributed by atoms with van der Waals surface area (Å²) in [6.45, 7) is 12.8. The van der Waals surface area contributed by atoms with E-state index < -0.39 is 14.4 Å². The van der Waals surface area contributed by atoms with Gasteiger partial charge in [0.15, 0.2) is 8.32 Å². The molecule has 0 rings (SSSR count). The average Bonchev–Trinajstić information content (AvgIpc) is 2.21. The van der Waals surface area contributed by atoms with E-state index in [1.807, 2.05) is 0 Å². The third kappa shape index (κ3) is 5.51. The van der Waals surface area contributed by atoms with Gasteiger partial charge in [-0.05, 0) is 24.6 Å². The molecule has 0 saturated carbocycles. The summed E-state index contributed by atoms with van der Waals surface area (Å²) in [5.41, 5.74) is 0. The first-order valence-electron chi connectivity index (χ1n) is 6.62. The maximum atomic E-state index is 9.82. The molecule has 0 aliphatic heterocycles. The molecular weight excluding hydrogens is 232 g/mol. The van der Waals surface area contributed by atoms with Crippen molar-refractivity contribution in [3.63, 3.8) is 0 Å². The zero-order valence-electron chi connectivity index (χ0n) is 12.3. The van der Waals surface area contributed by atoms with Crippen molar-refractivity contribution < 1.29 is 14.6 Å². The quantitative estimate of drug-likeness (QED) is 0.694. The topological polar surface area (TPSA) is 49.7 Å². The minimum absolute atomic E-state index is 0.132. The molecule has 0 bridgehead atoms. The average molecular weight is 262 g/mol. The van der Waals surface area contributed by atoms with Crippen molar-refractivity contribution in [2.24, 2.45) is 0 Å². The highest BCUT2D eigenvalue weighted by Crippen LogP contribution is 2.38. The van der Waals surface area contributed by atoms with Gasteiger partial charge in [0, 0.05) is 0 Å². The number of unbranched alkanes of at least 4 members (excludes halogenated alkanes) is 1. The van der Waals surface area contributed by atoms with Crippen molar-refractivity contribution in [1.29, 1.82) is 0 Å². The molecule has 104 valence electrons. The van der Waals surface area contributed by atoms with Gasteiger partial charge in [-0.1, -0.05) is 40.5 Å². The van der Waals surface area contributed by atoms with E-state index >= 15 is 0 Å². The van der Waals surface area contributed by atoms with Crippen LogP contribution in [0.15, 0.2) is 0 Å². The van der Waals surface area contributed by atoms with E-state index in [0.717, 1.165) is 19.3 Å². The van der Waals surface area contributed by atoms with Gasteiger partial charge in [0.05, 0.1) is 12.7 Å². The third-order valence-corrected chi connectivity index (χ3v) is 8.21. The highest BCUT2D eigenvalue weighted by Gasteiger charge is 2.40. The highest BCUT2D eigenvalue weighted by molar-refractivity contribution is 6.74. The molecule has 0 heterocycles. The summed E-state index contributed by atoms with van der Waals surface area (Å²) in [6.07, 6.45) is 1.95. The zero-order chi connectivity index (χ0) is 13.7. The molecule has 0 fully saturated rings. The lowest BCUT2D eigenvalue weighted by Gasteiger charge is -2.40. The van der Waals surface area contributed by atoms with Crippen molar-refractivity contribution in [3.8, 4) is 0 Å². The Morgan fingerprint density at radius 3 is 2.12 bits per heavy atom. The van der Waals surface area contributed by atoms with Crippen LogP contribution in [0.3, 0.4) is 0 Å². The number of hydrogen-bond donors (Lipinski definition) is 2. The molecule has 0 aliphatic carbocycles. The number of hydrogen-bond acceptors (Lipinski definition) is 3. The van der Waals surface area contributed by atoms with E-state index in [2.05, 4.69) is 40.8 Å². The molecule has 0 radical (unpaired) electrons. The molecule has 0 aromatic carbocycles. The molecule has 17 heavy (non-hydrogen) atoms. The summed E-state index contributed by atoms with van der Waals surface area (Å²) >= 11 is 0. The van der Waals surface area contributed by atoms with Gasteiger partial charge in [-0.3, -0.25) is 0 Å². The van der Waals surface area contributed by atoms with Gasteiger partial charge >= 0.3 is 0 Å². The van der Waals surface area contributed by atoms with Crippen LogP contribution in [0.5, 0.6) is 0 Å². The molecule has 0 saturated heterocycles. The van der Waals surface area contributed by atoms with E-state index in [1.54, 1.807) is 0 Å². The van der Waals surface area contributed by atoms with Gasteiger partial charge in [0.25, 0.3) is 0 Å². The van der Waals surface area contributed by atoms with Gasteiger partial charge in [-0.2, -0.15) is 0 Å². The van der Waals surface area contributed by atoms with E-state index in [1.165, 1.54) is 0 Å². The van der Waals surface area contributed by atoms with Crippen molar-refractivity contribution in [1.82, 2.24) is 0 Å². The van der Waals surface area contributed by atoms with Gasteiger partial charge in [0.2, 0.25) is 0 Å². The molecule has 0 spiro atoms. The number of aliphatic hydroxyl groups is 2. The van der Waals surface area contributed by atoms with Crippen molar-refractivity contribution in [2.75, 3.05) is 6.61 Å². The fourth-order valence-corrected chi connectivity index (χ4v) is 2.79. The smallest absolute Gasteiger partial charge is 0.192 e. The van der Waals surface area contributed by atoms with Crippen LogP contribution in [0.4, 0.5) is 0 Å². The Balaban J connectivity index is 4.62. The summed E-state index contributed by atoms with van der Waals surface area (Å²) in [5, 5.41) is 19.0. The van der Waals surface area contributed by atoms with E-state index in [-0.39, 0.29) is 17.7 Å². The van der Waals surface area contributed by atoms with Crippen LogP contribution in [-0.2, 0) is 4.43 Å². The predicted octanol–water partition coefficient (Wildman–Crippen LogP) is 2.92. The van der Waals surface area contributed by atoms with Crippen LogP contribution in [0.25, 0.3) is 0 Å².